The number of carbonyl (C=O) groups excluding carboxylic acids is 1. The van der Waals surface area contributed by atoms with Crippen LogP contribution < -0.4 is 4.74 Å². The molecule has 1 amide bonds. The van der Waals surface area contributed by atoms with Gasteiger partial charge in [-0.05, 0) is 47.5 Å². The van der Waals surface area contributed by atoms with Crippen LogP contribution in [0.3, 0.4) is 0 Å². The third-order valence-electron chi connectivity index (χ3n) is 5.52. The molecule has 2 aromatic rings. The Morgan fingerprint density at radius 3 is 2.31 bits per heavy atom. The Labute approximate surface area is 172 Å². The predicted octanol–water partition coefficient (Wildman–Crippen LogP) is 2.53. The van der Waals surface area contributed by atoms with Gasteiger partial charge in [0.25, 0.3) is 0 Å². The molecule has 158 valence electrons. The fourth-order valence-electron chi connectivity index (χ4n) is 3.90. The summed E-state index contributed by atoms with van der Waals surface area (Å²) in [4.78, 5) is 17.2. The summed E-state index contributed by atoms with van der Waals surface area (Å²) in [5.41, 5.74) is 0.904. The summed E-state index contributed by atoms with van der Waals surface area (Å²) in [5.74, 6) is 2.11. The average molecular weight is 401 g/mol. The SMILES string of the molecule is CCCC(CCC)C(=O)N1CCN(Cc2nnnn2-c2ccc(OC)cc2)CC1. The Kier molecular flexibility index (Phi) is 7.57. The molecule has 1 aromatic carbocycles. The fraction of sp³-hybridized carbons (Fsp3) is 0.619. The van der Waals surface area contributed by atoms with E-state index in [1.807, 2.05) is 29.2 Å². The lowest BCUT2D eigenvalue weighted by Gasteiger charge is -2.36. The van der Waals surface area contributed by atoms with E-state index in [1.54, 1.807) is 11.8 Å². The molecule has 0 saturated carbocycles. The Hall–Kier alpha value is -2.48. The summed E-state index contributed by atoms with van der Waals surface area (Å²) < 4.78 is 6.97. The zero-order valence-electron chi connectivity index (χ0n) is 17.8. The minimum absolute atomic E-state index is 0.180. The number of aromatic nitrogens is 4. The quantitative estimate of drug-likeness (QED) is 0.644. The number of hydrogen-bond acceptors (Lipinski definition) is 6. The molecule has 1 saturated heterocycles. The molecule has 1 aliphatic rings. The average Bonchev–Trinajstić information content (AvgIpc) is 3.22. The molecule has 8 nitrogen and oxygen atoms in total. The van der Waals surface area contributed by atoms with Crippen molar-refractivity contribution in [2.75, 3.05) is 33.3 Å². The van der Waals surface area contributed by atoms with Crippen LogP contribution in [-0.4, -0.2) is 69.2 Å². The molecule has 0 aliphatic carbocycles. The smallest absolute Gasteiger partial charge is 0.225 e. The highest BCUT2D eigenvalue weighted by Crippen LogP contribution is 2.19. The summed E-state index contributed by atoms with van der Waals surface area (Å²) in [5, 5.41) is 12.2. The summed E-state index contributed by atoms with van der Waals surface area (Å²) in [7, 11) is 1.65. The molecule has 8 heteroatoms. The summed E-state index contributed by atoms with van der Waals surface area (Å²) in [6.07, 6.45) is 4.10. The van der Waals surface area contributed by atoms with Gasteiger partial charge in [-0.3, -0.25) is 9.69 Å². The zero-order chi connectivity index (χ0) is 20.6. The number of nitrogens with zero attached hydrogens (tertiary/aromatic N) is 6. The van der Waals surface area contributed by atoms with Gasteiger partial charge in [-0.1, -0.05) is 26.7 Å². The van der Waals surface area contributed by atoms with Crippen LogP contribution >= 0.6 is 0 Å². The lowest BCUT2D eigenvalue weighted by molar-refractivity contribution is -0.137. The van der Waals surface area contributed by atoms with Crippen molar-refractivity contribution in [2.24, 2.45) is 5.92 Å². The van der Waals surface area contributed by atoms with Gasteiger partial charge in [0.1, 0.15) is 5.75 Å². The van der Waals surface area contributed by atoms with Gasteiger partial charge in [0.05, 0.1) is 19.3 Å². The molecule has 0 atom stereocenters. The van der Waals surface area contributed by atoms with E-state index in [9.17, 15) is 4.79 Å². The van der Waals surface area contributed by atoms with Gasteiger partial charge >= 0.3 is 0 Å². The number of ether oxygens (including phenoxy) is 1. The molecule has 2 heterocycles. The van der Waals surface area contributed by atoms with E-state index in [0.29, 0.717) is 12.5 Å². The van der Waals surface area contributed by atoms with E-state index in [-0.39, 0.29) is 5.92 Å². The highest BCUT2D eigenvalue weighted by atomic mass is 16.5. The standard InChI is InChI=1S/C21H32N6O2/c1-4-6-17(7-5-2)21(28)26-14-12-25(13-15-26)16-20-22-23-24-27(20)18-8-10-19(29-3)11-9-18/h8-11,17H,4-7,12-16H2,1-3H3. The number of methoxy groups -OCH3 is 1. The van der Waals surface area contributed by atoms with Crippen molar-refractivity contribution < 1.29 is 9.53 Å². The van der Waals surface area contributed by atoms with Crippen molar-refractivity contribution >= 4 is 5.91 Å². The topological polar surface area (TPSA) is 76.4 Å². The molecule has 0 bridgehead atoms. The van der Waals surface area contributed by atoms with Crippen LogP contribution in [0.5, 0.6) is 5.75 Å². The van der Waals surface area contributed by atoms with Crippen LogP contribution in [0.4, 0.5) is 0 Å². The first kappa shape index (κ1) is 21.2. The van der Waals surface area contributed by atoms with E-state index in [2.05, 4.69) is 34.3 Å². The van der Waals surface area contributed by atoms with Crippen molar-refractivity contribution in [3.8, 4) is 11.4 Å². The predicted molar refractivity (Wildman–Crippen MR) is 111 cm³/mol. The number of benzene rings is 1. The first-order valence-electron chi connectivity index (χ1n) is 10.6. The summed E-state index contributed by atoms with van der Waals surface area (Å²) >= 11 is 0. The Bertz CT molecular complexity index is 762. The lowest BCUT2D eigenvalue weighted by atomic mass is 9.96. The maximum atomic E-state index is 12.9. The molecule has 1 fully saturated rings. The fourth-order valence-corrected chi connectivity index (χ4v) is 3.90. The van der Waals surface area contributed by atoms with Crippen molar-refractivity contribution in [1.82, 2.24) is 30.0 Å². The van der Waals surface area contributed by atoms with Crippen LogP contribution in [0.2, 0.25) is 0 Å². The molecule has 29 heavy (non-hydrogen) atoms. The monoisotopic (exact) mass is 400 g/mol. The number of tetrazole rings is 1. The minimum Gasteiger partial charge on any atom is -0.497 e. The second-order valence-corrected chi connectivity index (χ2v) is 7.58. The van der Waals surface area contributed by atoms with Gasteiger partial charge in [0.15, 0.2) is 5.82 Å². The van der Waals surface area contributed by atoms with Crippen molar-refractivity contribution in [2.45, 2.75) is 46.1 Å². The molecule has 0 spiro atoms. The van der Waals surface area contributed by atoms with Crippen LogP contribution in [0.15, 0.2) is 24.3 Å². The molecule has 0 radical (unpaired) electrons. The van der Waals surface area contributed by atoms with Gasteiger partial charge < -0.3 is 9.64 Å². The van der Waals surface area contributed by atoms with Gasteiger partial charge in [0, 0.05) is 32.1 Å². The van der Waals surface area contributed by atoms with Crippen LogP contribution in [0.25, 0.3) is 5.69 Å². The molecular formula is C21H32N6O2. The van der Waals surface area contributed by atoms with Crippen molar-refractivity contribution in [1.29, 1.82) is 0 Å². The molecule has 3 rings (SSSR count). The largest absolute Gasteiger partial charge is 0.497 e. The van der Waals surface area contributed by atoms with Gasteiger partial charge in [-0.25, -0.2) is 0 Å². The summed E-state index contributed by atoms with van der Waals surface area (Å²) in [6, 6.07) is 7.68. The highest BCUT2D eigenvalue weighted by molar-refractivity contribution is 5.78. The highest BCUT2D eigenvalue weighted by Gasteiger charge is 2.27. The maximum absolute atomic E-state index is 12.9. The molecule has 0 N–H and O–H groups in total. The van der Waals surface area contributed by atoms with Crippen LogP contribution in [-0.2, 0) is 11.3 Å². The molecule has 1 aromatic heterocycles. The molecule has 0 unspecified atom stereocenters. The number of hydrogen-bond donors (Lipinski definition) is 0. The first-order valence-corrected chi connectivity index (χ1v) is 10.6. The van der Waals surface area contributed by atoms with Crippen molar-refractivity contribution in [3.05, 3.63) is 30.1 Å². The first-order chi connectivity index (χ1) is 14.2. The Morgan fingerprint density at radius 1 is 1.07 bits per heavy atom. The van der Waals surface area contributed by atoms with E-state index < -0.39 is 0 Å². The zero-order valence-corrected chi connectivity index (χ0v) is 17.8. The molecule has 1 aliphatic heterocycles. The minimum atomic E-state index is 0.180. The third-order valence-corrected chi connectivity index (χ3v) is 5.52. The number of carbonyl (C=O) groups is 1. The van der Waals surface area contributed by atoms with Crippen LogP contribution in [0.1, 0.15) is 45.4 Å². The van der Waals surface area contributed by atoms with Crippen molar-refractivity contribution in [3.63, 3.8) is 0 Å². The van der Waals surface area contributed by atoms with E-state index in [4.69, 9.17) is 4.74 Å². The van der Waals surface area contributed by atoms with Gasteiger partial charge in [0.2, 0.25) is 5.91 Å². The second kappa shape index (κ2) is 10.3. The number of piperazine rings is 1. The Balaban J connectivity index is 1.57. The lowest BCUT2D eigenvalue weighted by Crippen LogP contribution is -2.50. The maximum Gasteiger partial charge on any atom is 0.225 e. The normalized spacial score (nSPS) is 15.1. The van der Waals surface area contributed by atoms with Gasteiger partial charge in [-0.15, -0.1) is 5.10 Å². The Morgan fingerprint density at radius 2 is 1.72 bits per heavy atom. The van der Waals surface area contributed by atoms with Crippen LogP contribution in [0, 0.1) is 5.92 Å². The van der Waals surface area contributed by atoms with Gasteiger partial charge in [-0.2, -0.15) is 4.68 Å². The third kappa shape index (κ3) is 5.32. The second-order valence-electron chi connectivity index (χ2n) is 7.58. The van der Waals surface area contributed by atoms with E-state index >= 15 is 0 Å². The number of amides is 1. The van der Waals surface area contributed by atoms with E-state index in [0.717, 1.165) is 69.1 Å². The number of rotatable bonds is 9. The molecular weight excluding hydrogens is 368 g/mol. The summed E-state index contributed by atoms with van der Waals surface area (Å²) in [6.45, 7) is 8.19. The van der Waals surface area contributed by atoms with E-state index in [1.165, 1.54) is 0 Å².